The Kier molecular flexibility index (Phi) is 5.37. The summed E-state index contributed by atoms with van der Waals surface area (Å²) in [5.74, 6) is 0.00726. The summed E-state index contributed by atoms with van der Waals surface area (Å²) >= 11 is 0. The van der Waals surface area contributed by atoms with Crippen LogP contribution in [0, 0.1) is 0 Å². The molecule has 0 radical (unpaired) electrons. The monoisotopic (exact) mass is 348 g/mol. The fraction of sp³-hybridized carbons (Fsp3) is 0.238. The Morgan fingerprint density at radius 1 is 1.23 bits per heavy atom. The predicted octanol–water partition coefficient (Wildman–Crippen LogP) is 3.44. The molecule has 5 heteroatoms. The third-order valence-corrected chi connectivity index (χ3v) is 4.35. The fourth-order valence-corrected chi connectivity index (χ4v) is 3.18. The van der Waals surface area contributed by atoms with Crippen molar-refractivity contribution in [3.63, 3.8) is 0 Å². The molecule has 0 saturated heterocycles. The van der Waals surface area contributed by atoms with Gasteiger partial charge >= 0.3 is 0 Å². The van der Waals surface area contributed by atoms with Crippen molar-refractivity contribution in [2.24, 2.45) is 10.7 Å². The van der Waals surface area contributed by atoms with Gasteiger partial charge in [0, 0.05) is 49.0 Å². The van der Waals surface area contributed by atoms with Gasteiger partial charge < -0.3 is 16.4 Å². The van der Waals surface area contributed by atoms with Crippen LogP contribution in [0.2, 0.25) is 0 Å². The molecule has 2 aromatic carbocycles. The smallest absolute Gasteiger partial charge is 0.226 e. The molecule has 1 heterocycles. The summed E-state index contributed by atoms with van der Waals surface area (Å²) in [5, 5.41) is 6.41. The van der Waals surface area contributed by atoms with Crippen molar-refractivity contribution in [1.82, 2.24) is 0 Å². The quantitative estimate of drug-likeness (QED) is 0.741. The largest absolute Gasteiger partial charge is 0.401 e. The van der Waals surface area contributed by atoms with E-state index in [-0.39, 0.29) is 11.9 Å². The van der Waals surface area contributed by atoms with Gasteiger partial charge in [-0.25, -0.2) is 0 Å². The van der Waals surface area contributed by atoms with Gasteiger partial charge in [0.15, 0.2) is 0 Å². The van der Waals surface area contributed by atoms with Gasteiger partial charge in [-0.2, -0.15) is 0 Å². The molecule has 26 heavy (non-hydrogen) atoms. The summed E-state index contributed by atoms with van der Waals surface area (Å²) in [4.78, 5) is 16.2. The average molecular weight is 348 g/mol. The number of hydrogen-bond donors (Lipinski definition) is 3. The van der Waals surface area contributed by atoms with Crippen LogP contribution in [0.1, 0.15) is 24.5 Å². The van der Waals surface area contributed by atoms with E-state index in [0.29, 0.717) is 12.8 Å². The summed E-state index contributed by atoms with van der Waals surface area (Å²) in [6.07, 6.45) is 2.84. The standard InChI is InChI=1S/C21H24N4O/c1-14-11-20(26)25-19-10-6-9-16(21(19)24-14)17(13-23-2)18(22)12-15-7-4-3-5-8-15/h3-10,13-14,24H,11-12,22H2,1-2H3,(H,25,26)/b18-17+,23-13?/t14-/m1/s1. The summed E-state index contributed by atoms with van der Waals surface area (Å²) in [5.41, 5.74) is 11.8. The molecule has 2 aromatic rings. The molecule has 0 bridgehead atoms. The number of hydrogen-bond acceptors (Lipinski definition) is 4. The Bertz CT molecular complexity index is 856. The maximum Gasteiger partial charge on any atom is 0.226 e. The molecule has 3 rings (SSSR count). The highest BCUT2D eigenvalue weighted by molar-refractivity contribution is 6.14. The second kappa shape index (κ2) is 7.87. The SMILES string of the molecule is CN=C/C(=C(\N)Cc1ccccc1)c1cccc2c1N[C@H](C)CC(=O)N2. The van der Waals surface area contributed by atoms with Crippen molar-refractivity contribution in [2.75, 3.05) is 17.7 Å². The molecule has 1 aliphatic heterocycles. The molecule has 0 spiro atoms. The first kappa shape index (κ1) is 17.7. The lowest BCUT2D eigenvalue weighted by molar-refractivity contribution is -0.116. The molecule has 0 unspecified atom stereocenters. The topological polar surface area (TPSA) is 79.5 Å². The van der Waals surface area contributed by atoms with Crippen LogP contribution in [0.15, 0.2) is 59.2 Å². The highest BCUT2D eigenvalue weighted by Crippen LogP contribution is 2.34. The van der Waals surface area contributed by atoms with Crippen molar-refractivity contribution in [1.29, 1.82) is 0 Å². The number of allylic oxidation sites excluding steroid dienone is 2. The van der Waals surface area contributed by atoms with Gasteiger partial charge in [0.25, 0.3) is 0 Å². The fourth-order valence-electron chi connectivity index (χ4n) is 3.18. The maximum absolute atomic E-state index is 12.0. The van der Waals surface area contributed by atoms with Crippen molar-refractivity contribution < 1.29 is 4.79 Å². The Morgan fingerprint density at radius 3 is 2.73 bits per heavy atom. The van der Waals surface area contributed by atoms with E-state index >= 15 is 0 Å². The van der Waals surface area contributed by atoms with Gasteiger partial charge in [-0.05, 0) is 18.6 Å². The zero-order valence-electron chi connectivity index (χ0n) is 15.1. The number of carbonyl (C=O) groups is 1. The van der Waals surface area contributed by atoms with Crippen molar-refractivity contribution in [3.8, 4) is 0 Å². The average Bonchev–Trinajstić information content (AvgIpc) is 2.76. The lowest BCUT2D eigenvalue weighted by Gasteiger charge is -2.18. The molecule has 1 aliphatic rings. The van der Waals surface area contributed by atoms with Gasteiger partial charge in [0.1, 0.15) is 0 Å². The zero-order valence-corrected chi connectivity index (χ0v) is 15.1. The minimum atomic E-state index is 0.00726. The van der Waals surface area contributed by atoms with Crippen LogP contribution in [0.3, 0.4) is 0 Å². The number of nitrogens with two attached hydrogens (primary N) is 1. The number of rotatable bonds is 4. The zero-order chi connectivity index (χ0) is 18.5. The molecule has 0 aromatic heterocycles. The number of nitrogens with zero attached hydrogens (tertiary/aromatic N) is 1. The Morgan fingerprint density at radius 2 is 2.00 bits per heavy atom. The van der Waals surface area contributed by atoms with Gasteiger partial charge in [-0.1, -0.05) is 42.5 Å². The van der Waals surface area contributed by atoms with E-state index in [4.69, 9.17) is 5.73 Å². The maximum atomic E-state index is 12.0. The first-order chi connectivity index (χ1) is 12.6. The van der Waals surface area contributed by atoms with Gasteiger partial charge in [-0.3, -0.25) is 9.79 Å². The second-order valence-corrected chi connectivity index (χ2v) is 6.51. The third kappa shape index (κ3) is 3.94. The number of aliphatic imine (C=N–C) groups is 1. The molecule has 5 nitrogen and oxygen atoms in total. The van der Waals surface area contributed by atoms with E-state index in [0.717, 1.165) is 33.8 Å². The van der Waals surface area contributed by atoms with Gasteiger partial charge in [0.2, 0.25) is 5.91 Å². The summed E-state index contributed by atoms with van der Waals surface area (Å²) in [6, 6.07) is 16.0. The highest BCUT2D eigenvalue weighted by atomic mass is 16.1. The number of carbonyl (C=O) groups excluding carboxylic acids is 1. The Balaban J connectivity index is 2.08. The van der Waals surface area contributed by atoms with E-state index in [1.54, 1.807) is 13.3 Å². The molecule has 134 valence electrons. The minimum absolute atomic E-state index is 0.00726. The van der Waals surface area contributed by atoms with Crippen LogP contribution in [-0.2, 0) is 11.2 Å². The van der Waals surface area contributed by atoms with Crippen LogP contribution in [0.25, 0.3) is 5.57 Å². The summed E-state index contributed by atoms with van der Waals surface area (Å²) in [7, 11) is 1.73. The van der Waals surface area contributed by atoms with E-state index < -0.39 is 0 Å². The van der Waals surface area contributed by atoms with Crippen LogP contribution in [-0.4, -0.2) is 25.2 Å². The second-order valence-electron chi connectivity index (χ2n) is 6.51. The van der Waals surface area contributed by atoms with Crippen LogP contribution in [0.5, 0.6) is 0 Å². The number of anilines is 2. The molecule has 4 N–H and O–H groups in total. The normalized spacial score (nSPS) is 17.8. The lowest BCUT2D eigenvalue weighted by atomic mass is 9.98. The molecule has 0 aliphatic carbocycles. The molecular weight excluding hydrogens is 324 g/mol. The molecule has 1 amide bonds. The van der Waals surface area contributed by atoms with Crippen LogP contribution < -0.4 is 16.4 Å². The Labute approximate surface area is 154 Å². The highest BCUT2D eigenvalue weighted by Gasteiger charge is 2.21. The van der Waals surface area contributed by atoms with E-state index in [9.17, 15) is 4.79 Å². The third-order valence-electron chi connectivity index (χ3n) is 4.35. The van der Waals surface area contributed by atoms with Crippen LogP contribution in [0.4, 0.5) is 11.4 Å². The number of amides is 1. The molecule has 0 fully saturated rings. The van der Waals surface area contributed by atoms with E-state index in [1.807, 2.05) is 43.3 Å². The predicted molar refractivity (Wildman–Crippen MR) is 108 cm³/mol. The van der Waals surface area contributed by atoms with Crippen molar-refractivity contribution in [3.05, 3.63) is 65.4 Å². The lowest BCUT2D eigenvalue weighted by Crippen LogP contribution is -2.19. The van der Waals surface area contributed by atoms with Crippen molar-refractivity contribution >= 4 is 29.1 Å². The Hall–Kier alpha value is -3.08. The number of fused-ring (bicyclic) bond motifs is 1. The van der Waals surface area contributed by atoms with Gasteiger partial charge in [-0.15, -0.1) is 0 Å². The molecule has 1 atom stereocenters. The van der Waals surface area contributed by atoms with Gasteiger partial charge in [0.05, 0.1) is 11.4 Å². The van der Waals surface area contributed by atoms with Crippen molar-refractivity contribution in [2.45, 2.75) is 25.8 Å². The van der Waals surface area contributed by atoms with E-state index in [1.165, 1.54) is 0 Å². The molecular formula is C21H24N4O. The number of nitrogens with one attached hydrogen (secondary N) is 2. The number of para-hydroxylation sites is 1. The van der Waals surface area contributed by atoms with E-state index in [2.05, 4.69) is 27.8 Å². The summed E-state index contributed by atoms with van der Waals surface area (Å²) in [6.45, 7) is 2.00. The first-order valence-electron chi connectivity index (χ1n) is 8.73. The van der Waals surface area contributed by atoms with Crippen LogP contribution >= 0.6 is 0 Å². The number of benzene rings is 2. The molecule has 0 saturated carbocycles. The minimum Gasteiger partial charge on any atom is -0.401 e. The summed E-state index contributed by atoms with van der Waals surface area (Å²) < 4.78 is 0. The first-order valence-corrected chi connectivity index (χ1v) is 8.73.